The van der Waals surface area contributed by atoms with Crippen LogP contribution in [-0.2, 0) is 20.1 Å². The number of aryl methyl sites for hydroxylation is 1. The second-order valence-electron chi connectivity index (χ2n) is 7.02. The summed E-state index contributed by atoms with van der Waals surface area (Å²) in [5.41, 5.74) is 2.66. The van der Waals surface area contributed by atoms with Gasteiger partial charge in [-0.2, -0.15) is 5.10 Å². The van der Waals surface area contributed by atoms with Gasteiger partial charge in [-0.3, -0.25) is 19.5 Å². The van der Waals surface area contributed by atoms with E-state index in [0.29, 0.717) is 12.5 Å². The van der Waals surface area contributed by atoms with Crippen molar-refractivity contribution in [3.63, 3.8) is 0 Å². The Hall–Kier alpha value is -3.06. The molecule has 1 aliphatic rings. The lowest BCUT2D eigenvalue weighted by Gasteiger charge is -2.39. The zero-order valence-electron chi connectivity index (χ0n) is 15.2. The van der Waals surface area contributed by atoms with Gasteiger partial charge in [0.15, 0.2) is 0 Å². The average molecular weight is 363 g/mol. The van der Waals surface area contributed by atoms with Gasteiger partial charge in [-0.15, -0.1) is 0 Å². The molecule has 0 radical (unpaired) electrons. The molecule has 0 unspecified atom stereocenters. The monoisotopic (exact) mass is 363 g/mol. The first-order valence-electron chi connectivity index (χ1n) is 8.95. The van der Waals surface area contributed by atoms with Crippen molar-refractivity contribution >= 4 is 0 Å². The number of hydrogen-bond donors (Lipinski definition) is 0. The third-order valence-electron chi connectivity index (χ3n) is 4.88. The molecule has 138 valence electrons. The van der Waals surface area contributed by atoms with Gasteiger partial charge in [-0.25, -0.2) is 4.68 Å². The molecule has 0 N–H and O–H groups in total. The Morgan fingerprint density at radius 3 is 2.56 bits per heavy atom. The van der Waals surface area contributed by atoms with E-state index in [1.165, 1.54) is 0 Å². The smallest absolute Gasteiger partial charge is 0.266 e. The van der Waals surface area contributed by atoms with E-state index in [1.807, 2.05) is 18.2 Å². The van der Waals surface area contributed by atoms with Crippen molar-refractivity contribution in [2.24, 2.45) is 13.0 Å². The molecule has 0 amide bonds. The molecule has 1 aliphatic heterocycles. The van der Waals surface area contributed by atoms with Crippen LogP contribution in [0.2, 0.25) is 0 Å². The minimum absolute atomic E-state index is 0.00764. The molecular formula is C20H21N5O2. The lowest BCUT2D eigenvalue weighted by Crippen LogP contribution is -2.49. The number of aromatic nitrogens is 4. The molecule has 3 aromatic heterocycles. The Balaban J connectivity index is 1.39. The highest BCUT2D eigenvalue weighted by Crippen LogP contribution is 2.20. The van der Waals surface area contributed by atoms with Crippen LogP contribution in [0, 0.1) is 5.92 Å². The lowest BCUT2D eigenvalue weighted by molar-refractivity contribution is 0.0766. The standard InChI is InChI=1S/C20H21N5O2/c1-23-9-6-15(10-20(23)27)11-24-12-16(13-24)14-25-19(26)3-2-18(22-25)17-4-7-21-8-5-17/h2-10,16H,11-14H2,1H3. The summed E-state index contributed by atoms with van der Waals surface area (Å²) in [5, 5.41) is 4.51. The van der Waals surface area contributed by atoms with Crippen LogP contribution in [0.4, 0.5) is 0 Å². The second kappa shape index (κ2) is 7.28. The van der Waals surface area contributed by atoms with Gasteiger partial charge in [0.25, 0.3) is 11.1 Å². The Kier molecular flexibility index (Phi) is 4.68. The van der Waals surface area contributed by atoms with Gasteiger partial charge in [0.1, 0.15) is 0 Å². The van der Waals surface area contributed by atoms with E-state index in [-0.39, 0.29) is 11.1 Å². The molecule has 3 aromatic rings. The summed E-state index contributed by atoms with van der Waals surface area (Å²) < 4.78 is 3.12. The lowest BCUT2D eigenvalue weighted by atomic mass is 9.99. The van der Waals surface area contributed by atoms with Crippen LogP contribution < -0.4 is 11.1 Å². The molecular weight excluding hydrogens is 342 g/mol. The Labute approximate surface area is 156 Å². The van der Waals surface area contributed by atoms with Crippen LogP contribution in [-0.4, -0.2) is 37.3 Å². The fourth-order valence-corrected chi connectivity index (χ4v) is 3.37. The summed E-state index contributed by atoms with van der Waals surface area (Å²) >= 11 is 0. The van der Waals surface area contributed by atoms with Crippen molar-refractivity contribution in [2.75, 3.05) is 13.1 Å². The third-order valence-corrected chi connectivity index (χ3v) is 4.88. The van der Waals surface area contributed by atoms with E-state index in [0.717, 1.165) is 36.5 Å². The van der Waals surface area contributed by atoms with Crippen LogP contribution in [0.5, 0.6) is 0 Å². The molecule has 7 heteroatoms. The molecule has 4 heterocycles. The molecule has 0 spiro atoms. The fraction of sp³-hybridized carbons (Fsp3) is 0.300. The Morgan fingerprint density at radius 1 is 1.04 bits per heavy atom. The van der Waals surface area contributed by atoms with Crippen molar-refractivity contribution < 1.29 is 0 Å². The van der Waals surface area contributed by atoms with E-state index >= 15 is 0 Å². The molecule has 7 nitrogen and oxygen atoms in total. The number of likely N-dealkylation sites (tertiary alicyclic amines) is 1. The first-order valence-corrected chi connectivity index (χ1v) is 8.95. The maximum atomic E-state index is 12.2. The molecule has 1 saturated heterocycles. The van der Waals surface area contributed by atoms with E-state index in [4.69, 9.17) is 0 Å². The normalized spacial score (nSPS) is 14.9. The van der Waals surface area contributed by atoms with Crippen LogP contribution >= 0.6 is 0 Å². The van der Waals surface area contributed by atoms with Gasteiger partial charge in [0, 0.05) is 68.9 Å². The molecule has 0 bridgehead atoms. The third kappa shape index (κ3) is 3.88. The largest absolute Gasteiger partial charge is 0.319 e. The first kappa shape index (κ1) is 17.4. The van der Waals surface area contributed by atoms with Gasteiger partial charge in [-0.05, 0) is 29.8 Å². The Morgan fingerprint density at radius 2 is 1.81 bits per heavy atom. The van der Waals surface area contributed by atoms with Crippen LogP contribution in [0.15, 0.2) is 64.6 Å². The first-order chi connectivity index (χ1) is 13.1. The van der Waals surface area contributed by atoms with E-state index in [9.17, 15) is 9.59 Å². The number of hydrogen-bond acceptors (Lipinski definition) is 5. The predicted molar refractivity (Wildman–Crippen MR) is 102 cm³/mol. The highest BCUT2D eigenvalue weighted by atomic mass is 16.1. The summed E-state index contributed by atoms with van der Waals surface area (Å²) in [6, 6.07) is 10.7. The molecule has 4 rings (SSSR count). The highest BCUT2D eigenvalue weighted by Gasteiger charge is 2.27. The van der Waals surface area contributed by atoms with Crippen LogP contribution in [0.1, 0.15) is 5.56 Å². The van der Waals surface area contributed by atoms with Crippen molar-refractivity contribution in [1.82, 2.24) is 24.2 Å². The van der Waals surface area contributed by atoms with Gasteiger partial charge in [0.05, 0.1) is 12.2 Å². The minimum Gasteiger partial charge on any atom is -0.319 e. The SMILES string of the molecule is Cn1ccc(CN2CC(Cn3nc(-c4ccncc4)ccc3=O)C2)cc1=O. The maximum Gasteiger partial charge on any atom is 0.266 e. The van der Waals surface area contributed by atoms with Gasteiger partial charge in [-0.1, -0.05) is 0 Å². The van der Waals surface area contributed by atoms with Crippen molar-refractivity contribution in [2.45, 2.75) is 13.1 Å². The molecule has 0 aliphatic carbocycles. The van der Waals surface area contributed by atoms with E-state index < -0.39 is 0 Å². The maximum absolute atomic E-state index is 12.2. The van der Waals surface area contributed by atoms with Crippen molar-refractivity contribution in [3.05, 3.63) is 81.3 Å². The molecule has 27 heavy (non-hydrogen) atoms. The van der Waals surface area contributed by atoms with E-state index in [1.54, 1.807) is 53.1 Å². The number of pyridine rings is 2. The van der Waals surface area contributed by atoms with Gasteiger partial charge < -0.3 is 4.57 Å². The van der Waals surface area contributed by atoms with Gasteiger partial charge >= 0.3 is 0 Å². The number of nitrogens with zero attached hydrogens (tertiary/aromatic N) is 5. The number of rotatable bonds is 5. The summed E-state index contributed by atoms with van der Waals surface area (Å²) in [6.07, 6.45) is 5.23. The summed E-state index contributed by atoms with van der Waals surface area (Å²) in [7, 11) is 1.75. The second-order valence-corrected chi connectivity index (χ2v) is 7.02. The summed E-state index contributed by atoms with van der Waals surface area (Å²) in [4.78, 5) is 30.2. The van der Waals surface area contributed by atoms with Crippen LogP contribution in [0.3, 0.4) is 0 Å². The average Bonchev–Trinajstić information content (AvgIpc) is 2.65. The van der Waals surface area contributed by atoms with Crippen molar-refractivity contribution in [1.29, 1.82) is 0 Å². The van der Waals surface area contributed by atoms with Gasteiger partial charge in [0.2, 0.25) is 0 Å². The minimum atomic E-state index is -0.0854. The predicted octanol–water partition coefficient (Wildman–Crippen LogP) is 1.14. The van der Waals surface area contributed by atoms with E-state index in [2.05, 4.69) is 15.0 Å². The van der Waals surface area contributed by atoms with Crippen molar-refractivity contribution in [3.8, 4) is 11.3 Å². The highest BCUT2D eigenvalue weighted by molar-refractivity contribution is 5.56. The Bertz CT molecular complexity index is 1050. The van der Waals surface area contributed by atoms with Crippen LogP contribution in [0.25, 0.3) is 11.3 Å². The topological polar surface area (TPSA) is 73.0 Å². The zero-order chi connectivity index (χ0) is 18.8. The summed E-state index contributed by atoms with van der Waals surface area (Å²) in [6.45, 7) is 3.14. The quantitative estimate of drug-likeness (QED) is 0.680. The molecule has 0 aromatic carbocycles. The zero-order valence-corrected chi connectivity index (χ0v) is 15.2. The summed E-state index contributed by atoms with van der Waals surface area (Å²) in [5.74, 6) is 0.384. The molecule has 0 saturated carbocycles. The molecule has 0 atom stereocenters. The molecule has 1 fully saturated rings. The fourth-order valence-electron chi connectivity index (χ4n) is 3.37.